The van der Waals surface area contributed by atoms with Crippen LogP contribution in [0.2, 0.25) is 0 Å². The van der Waals surface area contributed by atoms with Gasteiger partial charge >= 0.3 is 137 Å². The molecule has 0 nitrogen and oxygen atoms in total. The van der Waals surface area contributed by atoms with Gasteiger partial charge in [-0.1, -0.05) is 19.8 Å². The van der Waals surface area contributed by atoms with E-state index in [1.807, 2.05) is 0 Å². The first-order chi connectivity index (χ1) is 11.0. The van der Waals surface area contributed by atoms with Gasteiger partial charge in [0.2, 0.25) is 0 Å². The molecule has 0 saturated heterocycles. The quantitative estimate of drug-likeness (QED) is 0.166. The zero-order valence-corrected chi connectivity index (χ0v) is 19.3. The fourth-order valence-corrected chi connectivity index (χ4v) is 7.73. The van der Waals surface area contributed by atoms with Crippen LogP contribution in [0.3, 0.4) is 0 Å². The van der Waals surface area contributed by atoms with Gasteiger partial charge in [-0.25, -0.2) is 0 Å². The summed E-state index contributed by atoms with van der Waals surface area (Å²) in [6, 6.07) is 0. The molecule has 2 heteroatoms. The van der Waals surface area contributed by atoms with Gasteiger partial charge in [-0.2, -0.15) is 0 Å². The molecule has 0 heterocycles. The first kappa shape index (κ1) is 23.9. The van der Waals surface area contributed by atoms with Gasteiger partial charge < -0.3 is 0 Å². The molecule has 142 valence electrons. The molecule has 0 aliphatic carbocycles. The molecule has 0 bridgehead atoms. The minimum atomic E-state index is -1.48. The zero-order chi connectivity index (χ0) is 17.5. The van der Waals surface area contributed by atoms with Gasteiger partial charge in [0.25, 0.3) is 0 Å². The van der Waals surface area contributed by atoms with Gasteiger partial charge in [0.15, 0.2) is 0 Å². The van der Waals surface area contributed by atoms with E-state index in [1.54, 1.807) is 0 Å². The number of hydrogen-bond acceptors (Lipinski definition) is 0. The predicted molar refractivity (Wildman–Crippen MR) is 118 cm³/mol. The molecule has 0 aliphatic rings. The molecule has 0 fully saturated rings. The molecule has 0 saturated carbocycles. The summed E-state index contributed by atoms with van der Waals surface area (Å²) >= 11 is 4.25. The Kier molecular flexibility index (Phi) is 14.7. The maximum absolute atomic E-state index is 4.25. The van der Waals surface area contributed by atoms with E-state index < -0.39 is 5.31 Å². The maximum atomic E-state index is 4.25. The van der Waals surface area contributed by atoms with Crippen molar-refractivity contribution < 1.29 is 0 Å². The molecule has 0 spiro atoms. The van der Waals surface area contributed by atoms with Crippen LogP contribution in [0.25, 0.3) is 0 Å². The molecule has 0 amide bonds. The van der Waals surface area contributed by atoms with E-state index in [9.17, 15) is 0 Å². The standard InChI is InChI=1S/C21H46BrP/c1-5-9-10-11-12-13-14-15-16-17-18-19-20-21-23(22,6-2,7-3)8-4/h5-21H2,1-4H3. The molecule has 0 atom stereocenters. The van der Waals surface area contributed by atoms with Crippen LogP contribution >= 0.6 is 20.8 Å². The van der Waals surface area contributed by atoms with E-state index in [-0.39, 0.29) is 0 Å². The second kappa shape index (κ2) is 14.1. The first-order valence-corrected chi connectivity index (χ1v) is 15.8. The zero-order valence-electron chi connectivity index (χ0n) is 16.8. The summed E-state index contributed by atoms with van der Waals surface area (Å²) in [6.07, 6.45) is 24.6. The third-order valence-corrected chi connectivity index (χ3v) is 17.9. The van der Waals surface area contributed by atoms with Gasteiger partial charge in [-0.3, -0.25) is 0 Å². The van der Waals surface area contributed by atoms with Crippen molar-refractivity contribution in [3.05, 3.63) is 0 Å². The van der Waals surface area contributed by atoms with E-state index in [0.717, 1.165) is 0 Å². The summed E-state index contributed by atoms with van der Waals surface area (Å²) in [6.45, 7) is 9.51. The Hall–Kier alpha value is 0.910. The van der Waals surface area contributed by atoms with Crippen molar-refractivity contribution in [2.24, 2.45) is 0 Å². The third kappa shape index (κ3) is 11.2. The van der Waals surface area contributed by atoms with E-state index in [1.165, 1.54) is 108 Å². The summed E-state index contributed by atoms with van der Waals surface area (Å²) < 4.78 is 0. The average Bonchev–Trinajstić information content (AvgIpc) is 2.59. The Balaban J connectivity index is 3.43. The number of halogens is 1. The SMILES string of the molecule is CCCCCCCCCCCCCCCP(Br)(CC)(CC)CC. The fourth-order valence-electron chi connectivity index (χ4n) is 3.67. The van der Waals surface area contributed by atoms with Crippen molar-refractivity contribution in [1.82, 2.24) is 0 Å². The van der Waals surface area contributed by atoms with Crippen LogP contribution < -0.4 is 0 Å². The fraction of sp³-hybridized carbons (Fsp3) is 1.00. The van der Waals surface area contributed by atoms with Gasteiger partial charge in [0.1, 0.15) is 0 Å². The predicted octanol–water partition coefficient (Wildman–Crippen LogP) is 9.00. The van der Waals surface area contributed by atoms with Gasteiger partial charge in [-0.15, -0.1) is 0 Å². The van der Waals surface area contributed by atoms with Crippen LogP contribution in [0.15, 0.2) is 0 Å². The molecule has 0 rings (SSSR count). The van der Waals surface area contributed by atoms with E-state index in [0.29, 0.717) is 0 Å². The molecule has 0 N–H and O–H groups in total. The summed E-state index contributed by atoms with van der Waals surface area (Å²) in [5.41, 5.74) is 0. The Morgan fingerprint density at radius 3 is 1.09 bits per heavy atom. The Morgan fingerprint density at radius 2 is 0.783 bits per heavy atom. The summed E-state index contributed by atoms with van der Waals surface area (Å²) in [7, 11) is 0. The second-order valence-corrected chi connectivity index (χ2v) is 19.7. The molecule has 0 aromatic heterocycles. The Bertz CT molecular complexity index is 250. The topological polar surface area (TPSA) is 0 Å². The monoisotopic (exact) mass is 408 g/mol. The number of rotatable bonds is 17. The minimum absolute atomic E-state index is 1.37. The molecule has 0 aliphatic heterocycles. The van der Waals surface area contributed by atoms with Gasteiger partial charge in [-0.05, 0) is 0 Å². The van der Waals surface area contributed by atoms with Crippen molar-refractivity contribution >= 4 is 20.8 Å². The second-order valence-electron chi connectivity index (χ2n) is 7.73. The Labute approximate surface area is 156 Å². The molecule has 23 heavy (non-hydrogen) atoms. The molecular weight excluding hydrogens is 363 g/mol. The molecule has 0 radical (unpaired) electrons. The van der Waals surface area contributed by atoms with E-state index in [4.69, 9.17) is 0 Å². The van der Waals surface area contributed by atoms with Crippen LogP contribution in [0, 0.1) is 0 Å². The molecule has 0 unspecified atom stereocenters. The van der Waals surface area contributed by atoms with Crippen molar-refractivity contribution in [2.75, 3.05) is 24.6 Å². The van der Waals surface area contributed by atoms with Crippen molar-refractivity contribution in [3.63, 3.8) is 0 Å². The third-order valence-electron chi connectivity index (χ3n) is 6.19. The Morgan fingerprint density at radius 1 is 0.478 bits per heavy atom. The van der Waals surface area contributed by atoms with Crippen molar-refractivity contribution in [3.8, 4) is 0 Å². The molecular formula is C21H46BrP. The van der Waals surface area contributed by atoms with Gasteiger partial charge in [0.05, 0.1) is 0 Å². The summed E-state index contributed by atoms with van der Waals surface area (Å²) in [5.74, 6) is 0. The van der Waals surface area contributed by atoms with Crippen LogP contribution in [0.4, 0.5) is 0 Å². The van der Waals surface area contributed by atoms with Crippen molar-refractivity contribution in [1.29, 1.82) is 0 Å². The summed E-state index contributed by atoms with van der Waals surface area (Å²) in [4.78, 5) is 0. The van der Waals surface area contributed by atoms with Crippen molar-refractivity contribution in [2.45, 2.75) is 111 Å². The average molecular weight is 409 g/mol. The van der Waals surface area contributed by atoms with E-state index >= 15 is 0 Å². The molecule has 0 aromatic carbocycles. The van der Waals surface area contributed by atoms with Crippen LogP contribution in [-0.4, -0.2) is 24.6 Å². The van der Waals surface area contributed by atoms with E-state index in [2.05, 4.69) is 43.2 Å². The van der Waals surface area contributed by atoms with Gasteiger partial charge in [0, 0.05) is 0 Å². The van der Waals surface area contributed by atoms with Crippen LogP contribution in [-0.2, 0) is 0 Å². The molecule has 0 aromatic rings. The number of hydrogen-bond donors (Lipinski definition) is 0. The van der Waals surface area contributed by atoms with Crippen LogP contribution in [0.5, 0.6) is 0 Å². The first-order valence-electron chi connectivity index (χ1n) is 10.8. The van der Waals surface area contributed by atoms with Crippen LogP contribution in [0.1, 0.15) is 111 Å². The number of unbranched alkanes of at least 4 members (excludes halogenated alkanes) is 12. The normalized spacial score (nSPS) is 13.9. The summed E-state index contributed by atoms with van der Waals surface area (Å²) in [5, 5.41) is -1.48.